The van der Waals surface area contributed by atoms with E-state index in [0.29, 0.717) is 6.54 Å². The second kappa shape index (κ2) is 10.4. The van der Waals surface area contributed by atoms with Crippen LogP contribution in [0.3, 0.4) is 0 Å². The van der Waals surface area contributed by atoms with E-state index in [1.54, 1.807) is 31.1 Å². The lowest BCUT2D eigenvalue weighted by atomic mass is 10.0. The van der Waals surface area contributed by atoms with Gasteiger partial charge >= 0.3 is 0 Å². The van der Waals surface area contributed by atoms with Crippen LogP contribution in [0.15, 0.2) is 69.3 Å². The summed E-state index contributed by atoms with van der Waals surface area (Å²) < 4.78 is 70.2. The van der Waals surface area contributed by atoms with Crippen LogP contribution >= 0.6 is 0 Å². The quantitative estimate of drug-likeness (QED) is 0.261. The third kappa shape index (κ3) is 5.28. The number of fused-ring (bicyclic) bond motifs is 1. The largest absolute Gasteiger partial charge is 0.316 e. The summed E-state index contributed by atoms with van der Waals surface area (Å²) in [6.45, 7) is 3.63. The van der Waals surface area contributed by atoms with Crippen molar-refractivity contribution in [1.82, 2.24) is 13.4 Å². The highest BCUT2D eigenvalue weighted by Gasteiger charge is 2.27. The molecule has 0 aliphatic rings. The molecule has 0 aliphatic carbocycles. The van der Waals surface area contributed by atoms with Crippen LogP contribution in [-0.2, 0) is 26.9 Å². The molecule has 2 aromatic carbocycles. The number of aryl methyl sites for hydroxylation is 2. The van der Waals surface area contributed by atoms with E-state index in [0.717, 1.165) is 20.2 Å². The molecule has 204 valence electrons. The fourth-order valence-corrected chi connectivity index (χ4v) is 6.49. The summed E-state index contributed by atoms with van der Waals surface area (Å²) in [4.78, 5) is 15.1. The molecule has 0 aliphatic heterocycles. The van der Waals surface area contributed by atoms with Crippen molar-refractivity contribution in [1.29, 1.82) is 0 Å². The van der Waals surface area contributed by atoms with Gasteiger partial charge in [-0.1, -0.05) is 30.5 Å². The average molecular weight is 570 g/mol. The molecular formula is C28H28FN3O5S2. The first-order valence-electron chi connectivity index (χ1n) is 12.0. The van der Waals surface area contributed by atoms with Crippen LogP contribution in [0.1, 0.15) is 18.2 Å². The van der Waals surface area contributed by atoms with E-state index in [1.807, 2.05) is 6.92 Å². The average Bonchev–Trinajstić information content (AvgIpc) is 3.27. The molecule has 0 saturated heterocycles. The van der Waals surface area contributed by atoms with Gasteiger partial charge in [-0.05, 0) is 63.3 Å². The van der Waals surface area contributed by atoms with Crippen LogP contribution in [0, 0.1) is 24.6 Å². The monoisotopic (exact) mass is 569 g/mol. The van der Waals surface area contributed by atoms with Gasteiger partial charge in [0.15, 0.2) is 9.84 Å². The van der Waals surface area contributed by atoms with Crippen molar-refractivity contribution in [3.8, 4) is 23.0 Å². The van der Waals surface area contributed by atoms with Gasteiger partial charge in [-0.25, -0.2) is 25.2 Å². The number of rotatable bonds is 6. The topological polar surface area (TPSA) is 98.4 Å². The Kier molecular flexibility index (Phi) is 7.58. The van der Waals surface area contributed by atoms with E-state index in [9.17, 15) is 21.6 Å². The van der Waals surface area contributed by atoms with Crippen molar-refractivity contribution in [3.63, 3.8) is 0 Å². The van der Waals surface area contributed by atoms with Crippen molar-refractivity contribution in [2.75, 3.05) is 26.4 Å². The van der Waals surface area contributed by atoms with E-state index < -0.39 is 31.2 Å². The predicted molar refractivity (Wildman–Crippen MR) is 149 cm³/mol. The first kappa shape index (κ1) is 28.3. The molecule has 4 aromatic rings. The minimum absolute atomic E-state index is 0.0229. The smallest absolute Gasteiger partial charge is 0.275 e. The van der Waals surface area contributed by atoms with Gasteiger partial charge < -0.3 is 4.57 Å². The molecule has 39 heavy (non-hydrogen) atoms. The zero-order valence-corrected chi connectivity index (χ0v) is 23.8. The zero-order chi connectivity index (χ0) is 28.7. The lowest BCUT2D eigenvalue weighted by Gasteiger charge is -2.13. The van der Waals surface area contributed by atoms with Crippen molar-refractivity contribution in [2.45, 2.75) is 23.6 Å². The SMILES string of the molecule is CCS(=O)(=O)c1ccc(F)c(-c2cn(C)c(=O)c3c2cc(C#CCN(C)C)n3S(=O)(=O)c2ccc(C)cc2)c1. The van der Waals surface area contributed by atoms with Gasteiger partial charge in [-0.15, -0.1) is 0 Å². The molecule has 0 bridgehead atoms. The number of nitrogens with zero attached hydrogens (tertiary/aromatic N) is 3. The van der Waals surface area contributed by atoms with Crippen LogP contribution in [0.5, 0.6) is 0 Å². The maximum atomic E-state index is 15.2. The summed E-state index contributed by atoms with van der Waals surface area (Å²) in [5.74, 6) is 4.86. The lowest BCUT2D eigenvalue weighted by molar-refractivity contribution is 0.464. The van der Waals surface area contributed by atoms with Crippen LogP contribution in [0.2, 0.25) is 0 Å². The molecular weight excluding hydrogens is 541 g/mol. The van der Waals surface area contributed by atoms with Crippen LogP contribution in [0.25, 0.3) is 22.0 Å². The summed E-state index contributed by atoms with van der Waals surface area (Å²) in [6.07, 6.45) is 1.37. The highest BCUT2D eigenvalue weighted by molar-refractivity contribution is 7.91. The van der Waals surface area contributed by atoms with Crippen molar-refractivity contribution >= 4 is 30.8 Å². The molecule has 8 nitrogen and oxygen atoms in total. The highest BCUT2D eigenvalue weighted by Crippen LogP contribution is 2.34. The van der Waals surface area contributed by atoms with Crippen LogP contribution in [0.4, 0.5) is 4.39 Å². The molecule has 0 fully saturated rings. The maximum absolute atomic E-state index is 15.2. The van der Waals surface area contributed by atoms with Gasteiger partial charge in [0.25, 0.3) is 15.6 Å². The lowest BCUT2D eigenvalue weighted by Crippen LogP contribution is -2.23. The molecule has 4 rings (SSSR count). The maximum Gasteiger partial charge on any atom is 0.275 e. The molecule has 2 heterocycles. The van der Waals surface area contributed by atoms with Gasteiger partial charge in [0, 0.05) is 29.8 Å². The molecule has 0 amide bonds. The standard InChI is InChI=1S/C28H28FN3O5S2/c1-6-38(34,35)22-13-14-26(29)23(17-22)25-18-31(5)28(33)27-24(25)16-20(8-7-15-30(3)4)32(27)39(36,37)21-11-9-19(2)10-12-21/h9-14,16-18H,6,15H2,1-5H3. The molecule has 0 spiro atoms. The number of pyridine rings is 1. The molecule has 11 heteroatoms. The minimum Gasteiger partial charge on any atom is -0.316 e. The Bertz CT molecular complexity index is 1930. The molecule has 0 saturated carbocycles. The summed E-state index contributed by atoms with van der Waals surface area (Å²) in [5.41, 5.74) is 0.104. The Balaban J connectivity index is 2.14. The number of benzene rings is 2. The Morgan fingerprint density at radius 1 is 0.949 bits per heavy atom. The number of sulfone groups is 1. The Labute approximate surface area is 227 Å². The van der Waals surface area contributed by atoms with E-state index in [4.69, 9.17) is 0 Å². The van der Waals surface area contributed by atoms with Gasteiger partial charge in [0.1, 0.15) is 17.0 Å². The Hall–Kier alpha value is -3.72. The Morgan fingerprint density at radius 2 is 1.59 bits per heavy atom. The fourth-order valence-electron chi connectivity index (χ4n) is 4.12. The van der Waals surface area contributed by atoms with Crippen molar-refractivity contribution < 1.29 is 21.2 Å². The third-order valence-electron chi connectivity index (χ3n) is 6.23. The van der Waals surface area contributed by atoms with E-state index in [1.165, 1.54) is 50.5 Å². The van der Waals surface area contributed by atoms with E-state index in [2.05, 4.69) is 11.8 Å². The molecule has 2 aromatic heterocycles. The number of aromatic nitrogens is 2. The molecule has 0 N–H and O–H groups in total. The van der Waals surface area contributed by atoms with Crippen molar-refractivity contribution in [2.24, 2.45) is 7.05 Å². The molecule has 0 atom stereocenters. The zero-order valence-electron chi connectivity index (χ0n) is 22.2. The summed E-state index contributed by atoms with van der Waals surface area (Å²) in [7, 11) is -2.94. The predicted octanol–water partition coefficient (Wildman–Crippen LogP) is 3.40. The second-order valence-electron chi connectivity index (χ2n) is 9.42. The number of hydrogen-bond acceptors (Lipinski definition) is 6. The normalized spacial score (nSPS) is 12.1. The van der Waals surface area contributed by atoms with E-state index >= 15 is 4.39 Å². The van der Waals surface area contributed by atoms with E-state index in [-0.39, 0.29) is 43.3 Å². The van der Waals surface area contributed by atoms with Crippen LogP contribution in [-0.4, -0.2) is 56.7 Å². The molecule has 0 radical (unpaired) electrons. The van der Waals surface area contributed by atoms with Gasteiger partial charge in [0.2, 0.25) is 0 Å². The number of hydrogen-bond donors (Lipinski definition) is 0. The third-order valence-corrected chi connectivity index (χ3v) is 9.69. The first-order valence-corrected chi connectivity index (χ1v) is 15.1. The second-order valence-corrected chi connectivity index (χ2v) is 13.5. The molecule has 0 unspecified atom stereocenters. The van der Waals surface area contributed by atoms with Gasteiger partial charge in [-0.2, -0.15) is 0 Å². The number of halogens is 1. The summed E-state index contributed by atoms with van der Waals surface area (Å²) in [6, 6.07) is 11.1. The fraction of sp³-hybridized carbons (Fsp3) is 0.250. The first-order chi connectivity index (χ1) is 18.3. The highest BCUT2D eigenvalue weighted by atomic mass is 32.2. The summed E-state index contributed by atoms with van der Waals surface area (Å²) >= 11 is 0. The van der Waals surface area contributed by atoms with Gasteiger partial charge in [-0.3, -0.25) is 9.69 Å². The van der Waals surface area contributed by atoms with Gasteiger partial charge in [0.05, 0.1) is 22.1 Å². The van der Waals surface area contributed by atoms with Crippen molar-refractivity contribution in [3.05, 3.63) is 82.2 Å². The van der Waals surface area contributed by atoms with Crippen LogP contribution < -0.4 is 5.56 Å². The minimum atomic E-state index is -4.31. The summed E-state index contributed by atoms with van der Waals surface area (Å²) in [5, 5.41) is 0.132. The Morgan fingerprint density at radius 3 is 2.21 bits per heavy atom.